The Morgan fingerprint density at radius 1 is 1.23 bits per heavy atom. The number of aromatic nitrogens is 2. The number of nitrogens with one attached hydrogen (secondary N) is 2. The third-order valence-electron chi connectivity index (χ3n) is 5.82. The van der Waals surface area contributed by atoms with Gasteiger partial charge in [-0.3, -0.25) is 9.69 Å². The van der Waals surface area contributed by atoms with E-state index in [1.54, 1.807) is 23.3 Å². The van der Waals surface area contributed by atoms with Crippen molar-refractivity contribution in [2.45, 2.75) is 38.8 Å². The van der Waals surface area contributed by atoms with Crippen molar-refractivity contribution < 1.29 is 9.21 Å². The van der Waals surface area contributed by atoms with Gasteiger partial charge in [0, 0.05) is 13.1 Å². The first-order valence-electron chi connectivity index (χ1n) is 10.9. The maximum Gasteiger partial charge on any atom is 0.317 e. The molecular weight excluding hydrogens is 394 g/mol. The lowest BCUT2D eigenvalue weighted by molar-refractivity contribution is 0.139. The van der Waals surface area contributed by atoms with E-state index in [2.05, 4.69) is 20.2 Å². The van der Waals surface area contributed by atoms with Crippen molar-refractivity contribution in [1.29, 1.82) is 0 Å². The molecule has 0 aliphatic carbocycles. The third-order valence-corrected chi connectivity index (χ3v) is 5.82. The van der Waals surface area contributed by atoms with Crippen LogP contribution in [0.4, 0.5) is 4.79 Å². The van der Waals surface area contributed by atoms with Gasteiger partial charge in [0.25, 0.3) is 5.56 Å². The number of benzene rings is 1. The largest absolute Gasteiger partial charge is 0.468 e. The highest BCUT2D eigenvalue weighted by molar-refractivity contribution is 5.77. The molecular formula is C23H29N5O3. The van der Waals surface area contributed by atoms with Gasteiger partial charge < -0.3 is 19.6 Å². The lowest BCUT2D eigenvalue weighted by atomic mass is 10.1. The van der Waals surface area contributed by atoms with Gasteiger partial charge in [0.15, 0.2) is 0 Å². The van der Waals surface area contributed by atoms with E-state index < -0.39 is 0 Å². The maximum atomic E-state index is 12.9. The maximum absolute atomic E-state index is 12.9. The zero-order chi connectivity index (χ0) is 21.6. The van der Waals surface area contributed by atoms with Gasteiger partial charge in [-0.05, 0) is 57.1 Å². The molecule has 1 fully saturated rings. The molecule has 8 nitrogen and oxygen atoms in total. The van der Waals surface area contributed by atoms with Crippen LogP contribution in [0.2, 0.25) is 0 Å². The molecule has 1 unspecified atom stereocenters. The van der Waals surface area contributed by atoms with Crippen LogP contribution in [0.15, 0.2) is 51.9 Å². The van der Waals surface area contributed by atoms with E-state index in [0.717, 1.165) is 31.7 Å². The van der Waals surface area contributed by atoms with Gasteiger partial charge in [0.1, 0.15) is 11.6 Å². The molecule has 3 aromatic rings. The summed E-state index contributed by atoms with van der Waals surface area (Å²) in [5.74, 6) is 1.34. The summed E-state index contributed by atoms with van der Waals surface area (Å²) < 4.78 is 5.66. The summed E-state index contributed by atoms with van der Waals surface area (Å²) in [6, 6.07) is 10.9. The van der Waals surface area contributed by atoms with Gasteiger partial charge >= 0.3 is 6.03 Å². The predicted octanol–water partition coefficient (Wildman–Crippen LogP) is 3.27. The molecule has 0 saturated carbocycles. The smallest absolute Gasteiger partial charge is 0.317 e. The number of aromatic amines is 1. The van der Waals surface area contributed by atoms with Crippen LogP contribution < -0.4 is 10.9 Å². The molecule has 0 bridgehead atoms. The number of H-pyrrole nitrogens is 1. The molecule has 4 rings (SSSR count). The molecule has 2 amide bonds. The fourth-order valence-corrected chi connectivity index (χ4v) is 4.13. The molecule has 2 N–H and O–H groups in total. The molecule has 31 heavy (non-hydrogen) atoms. The van der Waals surface area contributed by atoms with E-state index in [1.165, 1.54) is 6.42 Å². The van der Waals surface area contributed by atoms with E-state index in [4.69, 9.17) is 4.42 Å². The zero-order valence-corrected chi connectivity index (χ0v) is 17.8. The standard InChI is InChI=1S/C23H29N5O3/c1-2-27(16-21-25-18-10-5-4-9-17(18)22(29)26-21)23(30)24-15-19(20-11-8-14-31-20)28-12-6-3-7-13-28/h4-5,8-11,14,19H,2-3,6-7,12-13,15-16H2,1H3,(H,24,30)(H,25,26,29). The van der Waals surface area contributed by atoms with Gasteiger partial charge in [0.2, 0.25) is 0 Å². The van der Waals surface area contributed by atoms with E-state index in [1.807, 2.05) is 31.2 Å². The van der Waals surface area contributed by atoms with Gasteiger partial charge in [-0.15, -0.1) is 0 Å². The van der Waals surface area contributed by atoms with Crippen LogP contribution in [0.25, 0.3) is 10.9 Å². The summed E-state index contributed by atoms with van der Waals surface area (Å²) in [7, 11) is 0. The number of nitrogens with zero attached hydrogens (tertiary/aromatic N) is 3. The number of hydrogen-bond acceptors (Lipinski definition) is 5. The normalized spacial score (nSPS) is 15.6. The number of likely N-dealkylation sites (tertiary alicyclic amines) is 1. The number of para-hydroxylation sites is 1. The number of piperidine rings is 1. The Balaban J connectivity index is 1.44. The number of carbonyl (C=O) groups excluding carboxylic acids is 1. The quantitative estimate of drug-likeness (QED) is 0.608. The summed E-state index contributed by atoms with van der Waals surface area (Å²) in [6.07, 6.45) is 5.24. The molecule has 3 heterocycles. The summed E-state index contributed by atoms with van der Waals surface area (Å²) in [5.41, 5.74) is 0.431. The number of furan rings is 1. The minimum Gasteiger partial charge on any atom is -0.468 e. The number of carbonyl (C=O) groups is 1. The predicted molar refractivity (Wildman–Crippen MR) is 119 cm³/mol. The molecule has 1 atom stereocenters. The van der Waals surface area contributed by atoms with E-state index >= 15 is 0 Å². The molecule has 164 valence electrons. The van der Waals surface area contributed by atoms with Crippen LogP contribution >= 0.6 is 0 Å². The Morgan fingerprint density at radius 2 is 2.03 bits per heavy atom. The second-order valence-corrected chi connectivity index (χ2v) is 7.86. The monoisotopic (exact) mass is 423 g/mol. The summed E-state index contributed by atoms with van der Waals surface area (Å²) >= 11 is 0. The van der Waals surface area contributed by atoms with Crippen molar-refractivity contribution in [1.82, 2.24) is 25.1 Å². The van der Waals surface area contributed by atoms with Gasteiger partial charge in [0.05, 0.1) is 29.8 Å². The SMILES string of the molecule is CCN(Cc1nc2ccccc2c(=O)[nH]1)C(=O)NCC(c1ccco1)N1CCCCC1. The minimum absolute atomic E-state index is 0.0107. The molecule has 8 heteroatoms. The molecule has 1 aliphatic rings. The fraction of sp³-hybridized carbons (Fsp3) is 0.435. The number of amides is 2. The Morgan fingerprint density at radius 3 is 2.77 bits per heavy atom. The average Bonchev–Trinajstić information content (AvgIpc) is 3.33. The van der Waals surface area contributed by atoms with Crippen LogP contribution in [-0.4, -0.2) is 52.0 Å². The molecule has 1 aromatic carbocycles. The highest BCUT2D eigenvalue weighted by Crippen LogP contribution is 2.24. The Labute approximate surface area is 181 Å². The molecule has 1 saturated heterocycles. The van der Waals surface area contributed by atoms with Crippen molar-refractivity contribution in [3.05, 3.63) is 64.6 Å². The lowest BCUT2D eigenvalue weighted by Gasteiger charge is -2.34. The minimum atomic E-state index is -0.194. The van der Waals surface area contributed by atoms with Crippen LogP contribution in [-0.2, 0) is 6.54 Å². The lowest BCUT2D eigenvalue weighted by Crippen LogP contribution is -2.45. The fourth-order valence-electron chi connectivity index (χ4n) is 4.13. The first kappa shape index (κ1) is 21.1. The van der Waals surface area contributed by atoms with Crippen LogP contribution in [0.1, 0.15) is 43.8 Å². The molecule has 0 radical (unpaired) electrons. The first-order chi connectivity index (χ1) is 15.2. The van der Waals surface area contributed by atoms with Crippen LogP contribution in [0.5, 0.6) is 0 Å². The van der Waals surface area contributed by atoms with E-state index in [9.17, 15) is 9.59 Å². The number of rotatable bonds is 7. The highest BCUT2D eigenvalue weighted by Gasteiger charge is 2.25. The van der Waals surface area contributed by atoms with Crippen molar-refractivity contribution in [3.8, 4) is 0 Å². The second kappa shape index (κ2) is 9.78. The number of urea groups is 1. The summed E-state index contributed by atoms with van der Waals surface area (Å²) in [6.45, 7) is 5.11. The van der Waals surface area contributed by atoms with Crippen molar-refractivity contribution in [2.75, 3.05) is 26.2 Å². The summed E-state index contributed by atoms with van der Waals surface area (Å²) in [4.78, 5) is 36.6. The van der Waals surface area contributed by atoms with Crippen LogP contribution in [0, 0.1) is 0 Å². The Kier molecular flexibility index (Phi) is 6.66. The summed E-state index contributed by atoms with van der Waals surface area (Å²) in [5, 5.41) is 3.60. The molecule has 0 spiro atoms. The Hall–Kier alpha value is -3.13. The van der Waals surface area contributed by atoms with E-state index in [0.29, 0.717) is 29.8 Å². The topological polar surface area (TPSA) is 94.5 Å². The first-order valence-corrected chi connectivity index (χ1v) is 10.9. The van der Waals surface area contributed by atoms with Crippen molar-refractivity contribution in [2.24, 2.45) is 0 Å². The zero-order valence-electron chi connectivity index (χ0n) is 17.8. The van der Waals surface area contributed by atoms with Gasteiger partial charge in [-0.2, -0.15) is 0 Å². The van der Waals surface area contributed by atoms with Gasteiger partial charge in [-0.1, -0.05) is 18.6 Å². The third kappa shape index (κ3) is 4.96. The Bertz CT molecular complexity index is 1060. The van der Waals surface area contributed by atoms with Crippen molar-refractivity contribution >= 4 is 16.9 Å². The number of hydrogen-bond donors (Lipinski definition) is 2. The highest BCUT2D eigenvalue weighted by atomic mass is 16.3. The van der Waals surface area contributed by atoms with Gasteiger partial charge in [-0.25, -0.2) is 9.78 Å². The average molecular weight is 424 g/mol. The molecule has 2 aromatic heterocycles. The molecule has 1 aliphatic heterocycles. The van der Waals surface area contributed by atoms with E-state index in [-0.39, 0.29) is 24.2 Å². The van der Waals surface area contributed by atoms with Crippen LogP contribution in [0.3, 0.4) is 0 Å². The number of fused-ring (bicyclic) bond motifs is 1. The van der Waals surface area contributed by atoms with Crippen molar-refractivity contribution in [3.63, 3.8) is 0 Å². The second-order valence-electron chi connectivity index (χ2n) is 7.86.